The second-order valence-electron chi connectivity index (χ2n) is 3.95. The van der Waals surface area contributed by atoms with Crippen LogP contribution in [0.5, 0.6) is 0 Å². The number of allylic oxidation sites excluding steroid dienone is 4. The molecule has 5 nitrogen and oxygen atoms in total. The molecule has 18 heavy (non-hydrogen) atoms. The van der Waals surface area contributed by atoms with E-state index in [2.05, 4.69) is 0 Å². The summed E-state index contributed by atoms with van der Waals surface area (Å²) in [6.45, 7) is 1.89. The fourth-order valence-electron chi connectivity index (χ4n) is 2.01. The summed E-state index contributed by atoms with van der Waals surface area (Å²) >= 11 is 0. The molecular weight excluding hydrogens is 234 g/mol. The first-order valence-corrected chi connectivity index (χ1v) is 5.72. The number of carbonyl (C=O) groups excluding carboxylic acids is 3. The number of fused-ring (bicyclic) bond motifs is 1. The fourth-order valence-corrected chi connectivity index (χ4v) is 2.01. The molecule has 0 saturated carbocycles. The second kappa shape index (κ2) is 5.00. The predicted octanol–water partition coefficient (Wildman–Crippen LogP) is 0.935. The minimum absolute atomic E-state index is 0.102. The van der Waals surface area contributed by atoms with Crippen molar-refractivity contribution in [1.82, 2.24) is 4.90 Å². The molecule has 0 bridgehead atoms. The van der Waals surface area contributed by atoms with E-state index in [0.717, 1.165) is 0 Å². The molecule has 0 aromatic heterocycles. The number of carbonyl (C=O) groups is 3. The van der Waals surface area contributed by atoms with E-state index in [1.807, 2.05) is 0 Å². The van der Waals surface area contributed by atoms with Crippen molar-refractivity contribution in [2.75, 3.05) is 6.61 Å². The van der Waals surface area contributed by atoms with Gasteiger partial charge in [0.2, 0.25) is 5.91 Å². The Labute approximate surface area is 104 Å². The minimum atomic E-state index is -0.926. The first kappa shape index (κ1) is 12.3. The first-order chi connectivity index (χ1) is 8.69. The van der Waals surface area contributed by atoms with E-state index in [-0.39, 0.29) is 18.9 Å². The Morgan fingerprint density at radius 1 is 1.56 bits per heavy atom. The Bertz CT molecular complexity index is 487. The van der Waals surface area contributed by atoms with Crippen molar-refractivity contribution < 1.29 is 19.1 Å². The molecule has 0 aromatic rings. The van der Waals surface area contributed by atoms with Crippen molar-refractivity contribution in [2.24, 2.45) is 5.92 Å². The molecule has 1 amide bonds. The highest BCUT2D eigenvalue weighted by Crippen LogP contribution is 2.30. The number of rotatable bonds is 3. The smallest absolute Gasteiger partial charge is 0.318 e. The quantitative estimate of drug-likeness (QED) is 0.423. The van der Waals surface area contributed by atoms with Gasteiger partial charge in [0.1, 0.15) is 12.2 Å². The van der Waals surface area contributed by atoms with E-state index in [1.54, 1.807) is 31.4 Å². The van der Waals surface area contributed by atoms with Crippen LogP contribution < -0.4 is 0 Å². The summed E-state index contributed by atoms with van der Waals surface area (Å²) in [7, 11) is 0. The van der Waals surface area contributed by atoms with Gasteiger partial charge in [-0.05, 0) is 25.5 Å². The Morgan fingerprint density at radius 3 is 3.00 bits per heavy atom. The molecule has 0 aromatic carbocycles. The SMILES string of the molecule is CCOC(=O)C1CC(C=O)=C2C=CC=CN2C1=O. The number of ether oxygens (including phenoxy) is 1. The van der Waals surface area contributed by atoms with Crippen LogP contribution >= 0.6 is 0 Å². The van der Waals surface area contributed by atoms with Crippen LogP contribution in [0.1, 0.15) is 13.3 Å². The van der Waals surface area contributed by atoms with Crippen LogP contribution in [0.15, 0.2) is 35.7 Å². The number of hydrogen-bond acceptors (Lipinski definition) is 4. The van der Waals surface area contributed by atoms with Gasteiger partial charge < -0.3 is 4.74 Å². The van der Waals surface area contributed by atoms with Crippen molar-refractivity contribution >= 4 is 18.2 Å². The van der Waals surface area contributed by atoms with Gasteiger partial charge in [-0.3, -0.25) is 19.3 Å². The molecule has 2 aliphatic heterocycles. The van der Waals surface area contributed by atoms with Crippen LogP contribution in [-0.2, 0) is 19.1 Å². The lowest BCUT2D eigenvalue weighted by Crippen LogP contribution is -2.41. The highest BCUT2D eigenvalue weighted by molar-refractivity contribution is 6.02. The Balaban J connectivity index is 2.35. The molecule has 5 heteroatoms. The molecular formula is C13H13NO4. The summed E-state index contributed by atoms with van der Waals surface area (Å²) in [4.78, 5) is 36.2. The predicted molar refractivity (Wildman–Crippen MR) is 63.0 cm³/mol. The monoisotopic (exact) mass is 247 g/mol. The van der Waals surface area contributed by atoms with Crippen LogP contribution in [-0.4, -0.2) is 29.7 Å². The van der Waals surface area contributed by atoms with E-state index in [1.165, 1.54) is 4.90 Å². The van der Waals surface area contributed by atoms with E-state index < -0.39 is 11.9 Å². The minimum Gasteiger partial charge on any atom is -0.465 e. The number of aldehydes is 1. The Hall–Kier alpha value is -2.17. The summed E-state index contributed by atoms with van der Waals surface area (Å²) in [6, 6.07) is 0. The maximum absolute atomic E-state index is 12.1. The zero-order chi connectivity index (χ0) is 13.1. The second-order valence-corrected chi connectivity index (χ2v) is 3.95. The van der Waals surface area contributed by atoms with Crippen LogP contribution in [0, 0.1) is 5.92 Å². The van der Waals surface area contributed by atoms with Gasteiger partial charge >= 0.3 is 5.97 Å². The van der Waals surface area contributed by atoms with Gasteiger partial charge in [0, 0.05) is 11.8 Å². The van der Waals surface area contributed by atoms with Gasteiger partial charge in [0.25, 0.3) is 0 Å². The maximum atomic E-state index is 12.1. The van der Waals surface area contributed by atoms with Gasteiger partial charge in [0.05, 0.1) is 12.3 Å². The lowest BCUT2D eigenvalue weighted by molar-refractivity contribution is -0.154. The number of nitrogens with zero attached hydrogens (tertiary/aromatic N) is 1. The molecule has 0 spiro atoms. The normalized spacial score (nSPS) is 21.9. The van der Waals surface area contributed by atoms with Crippen molar-refractivity contribution in [3.63, 3.8) is 0 Å². The topological polar surface area (TPSA) is 63.7 Å². The van der Waals surface area contributed by atoms with Crippen LogP contribution in [0.4, 0.5) is 0 Å². The Morgan fingerprint density at radius 2 is 2.33 bits per heavy atom. The van der Waals surface area contributed by atoms with Crippen LogP contribution in [0.2, 0.25) is 0 Å². The van der Waals surface area contributed by atoms with Crippen LogP contribution in [0.25, 0.3) is 0 Å². The molecule has 1 unspecified atom stereocenters. The van der Waals surface area contributed by atoms with Crippen molar-refractivity contribution in [2.45, 2.75) is 13.3 Å². The lowest BCUT2D eigenvalue weighted by Gasteiger charge is -2.31. The highest BCUT2D eigenvalue weighted by atomic mass is 16.5. The average Bonchev–Trinajstić information content (AvgIpc) is 2.40. The van der Waals surface area contributed by atoms with E-state index in [9.17, 15) is 14.4 Å². The zero-order valence-corrected chi connectivity index (χ0v) is 9.96. The molecule has 0 fully saturated rings. The zero-order valence-electron chi connectivity index (χ0n) is 9.96. The third-order valence-electron chi connectivity index (χ3n) is 2.86. The molecule has 2 rings (SSSR count). The molecule has 1 atom stereocenters. The number of hydrogen-bond donors (Lipinski definition) is 0. The highest BCUT2D eigenvalue weighted by Gasteiger charge is 2.38. The fraction of sp³-hybridized carbons (Fsp3) is 0.308. The standard InChI is InChI=1S/C13H13NO4/c1-2-18-13(17)10-7-9(8-15)11-5-3-4-6-14(11)12(10)16/h3-6,8,10H,2,7H2,1H3. The lowest BCUT2D eigenvalue weighted by atomic mass is 9.91. The molecule has 0 aliphatic carbocycles. The van der Waals surface area contributed by atoms with E-state index >= 15 is 0 Å². The number of amides is 1. The van der Waals surface area contributed by atoms with Crippen molar-refractivity contribution in [3.8, 4) is 0 Å². The summed E-state index contributed by atoms with van der Waals surface area (Å²) < 4.78 is 4.86. The van der Waals surface area contributed by atoms with Crippen LogP contribution in [0.3, 0.4) is 0 Å². The molecule has 0 saturated heterocycles. The van der Waals surface area contributed by atoms with Gasteiger partial charge in [-0.1, -0.05) is 6.08 Å². The maximum Gasteiger partial charge on any atom is 0.318 e. The molecule has 0 N–H and O–H groups in total. The van der Waals surface area contributed by atoms with E-state index in [0.29, 0.717) is 17.6 Å². The van der Waals surface area contributed by atoms with Gasteiger partial charge in [-0.25, -0.2) is 0 Å². The van der Waals surface area contributed by atoms with Gasteiger partial charge in [-0.15, -0.1) is 0 Å². The Kier molecular flexibility index (Phi) is 3.41. The summed E-state index contributed by atoms with van der Waals surface area (Å²) in [5, 5.41) is 0. The van der Waals surface area contributed by atoms with E-state index in [4.69, 9.17) is 4.74 Å². The largest absolute Gasteiger partial charge is 0.465 e. The molecule has 94 valence electrons. The first-order valence-electron chi connectivity index (χ1n) is 5.72. The summed E-state index contributed by atoms with van der Waals surface area (Å²) in [5.74, 6) is -1.86. The average molecular weight is 247 g/mol. The third-order valence-corrected chi connectivity index (χ3v) is 2.86. The summed E-state index contributed by atoms with van der Waals surface area (Å²) in [5.41, 5.74) is 0.978. The summed E-state index contributed by atoms with van der Waals surface area (Å²) in [6.07, 6.45) is 7.44. The molecule has 2 aliphatic rings. The number of esters is 1. The van der Waals surface area contributed by atoms with Crippen molar-refractivity contribution in [1.29, 1.82) is 0 Å². The third kappa shape index (κ3) is 1.99. The molecule has 2 heterocycles. The van der Waals surface area contributed by atoms with Crippen molar-refractivity contribution in [3.05, 3.63) is 35.7 Å². The van der Waals surface area contributed by atoms with Gasteiger partial charge in [-0.2, -0.15) is 0 Å². The van der Waals surface area contributed by atoms with Gasteiger partial charge in [0.15, 0.2) is 0 Å². The molecule has 0 radical (unpaired) electrons.